The minimum absolute atomic E-state index is 0.0297. The van der Waals surface area contributed by atoms with Gasteiger partial charge in [0.25, 0.3) is 0 Å². The Balaban J connectivity index is 2.12. The zero-order chi connectivity index (χ0) is 21.4. The molecule has 1 saturated heterocycles. The maximum atomic E-state index is 14.8. The molecule has 2 aromatic rings. The molecule has 5 nitrogen and oxygen atoms in total. The fourth-order valence-electron chi connectivity index (χ4n) is 3.71. The molecule has 0 radical (unpaired) electrons. The van der Waals surface area contributed by atoms with Crippen molar-refractivity contribution in [3.05, 3.63) is 64.7 Å². The molecule has 0 aliphatic carbocycles. The summed E-state index contributed by atoms with van der Waals surface area (Å²) >= 11 is 5.88. The summed E-state index contributed by atoms with van der Waals surface area (Å²) in [5.41, 5.74) is -0.218. The Morgan fingerprint density at radius 3 is 2.21 bits per heavy atom. The van der Waals surface area contributed by atoms with Crippen LogP contribution in [0.4, 0.5) is 13.6 Å². The first-order valence-electron chi connectivity index (χ1n) is 9.00. The number of hydrogen-bond acceptors (Lipinski definition) is 3. The molecule has 1 heterocycles. The van der Waals surface area contributed by atoms with Gasteiger partial charge in [0.15, 0.2) is 9.84 Å². The maximum absolute atomic E-state index is 14.8. The predicted molar refractivity (Wildman–Crippen MR) is 107 cm³/mol. The molecule has 2 aromatic carbocycles. The Bertz CT molecular complexity index is 1020. The minimum Gasteiger partial charge on any atom is -0.331 e. The molecule has 0 unspecified atom stereocenters. The Hall–Kier alpha value is -2.19. The normalized spacial score (nSPS) is 16.5. The van der Waals surface area contributed by atoms with Gasteiger partial charge in [0.1, 0.15) is 16.4 Å². The summed E-state index contributed by atoms with van der Waals surface area (Å²) in [7, 11) is -0.923. The van der Waals surface area contributed by atoms with Gasteiger partial charge in [0, 0.05) is 37.8 Å². The maximum Gasteiger partial charge on any atom is 0.319 e. The SMILES string of the molecule is CN(C)C(=O)N1CCC(c2cc(F)ccc2F)(S(=O)(=O)c2ccc(Cl)cc2)CC1. The molecule has 1 aliphatic rings. The lowest BCUT2D eigenvalue weighted by Gasteiger charge is -2.42. The van der Waals surface area contributed by atoms with E-state index in [2.05, 4.69) is 0 Å². The molecule has 0 saturated carbocycles. The molecular weight excluding hydrogens is 422 g/mol. The summed E-state index contributed by atoms with van der Waals surface area (Å²) in [6, 6.07) is 8.15. The number of likely N-dealkylation sites (tertiary alicyclic amines) is 1. The van der Waals surface area contributed by atoms with Crippen molar-refractivity contribution in [2.45, 2.75) is 22.5 Å². The van der Waals surface area contributed by atoms with Gasteiger partial charge in [0.2, 0.25) is 0 Å². The molecular formula is C20H21ClF2N2O3S. The van der Waals surface area contributed by atoms with Crippen LogP contribution in [0, 0.1) is 11.6 Å². The fourth-order valence-corrected chi connectivity index (χ4v) is 5.95. The highest BCUT2D eigenvalue weighted by atomic mass is 35.5. The molecule has 3 rings (SSSR count). The second-order valence-corrected chi connectivity index (χ2v) is 9.94. The summed E-state index contributed by atoms with van der Waals surface area (Å²) in [4.78, 5) is 15.1. The van der Waals surface area contributed by atoms with Gasteiger partial charge in [-0.3, -0.25) is 0 Å². The van der Waals surface area contributed by atoms with Crippen molar-refractivity contribution in [3.8, 4) is 0 Å². The summed E-state index contributed by atoms with van der Waals surface area (Å²) in [5, 5.41) is 0.362. The van der Waals surface area contributed by atoms with Crippen LogP contribution in [-0.2, 0) is 14.6 Å². The average Bonchev–Trinajstić information content (AvgIpc) is 2.69. The molecule has 0 atom stereocenters. The number of nitrogens with zero attached hydrogens (tertiary/aromatic N) is 2. The van der Waals surface area contributed by atoms with Crippen LogP contribution < -0.4 is 0 Å². The summed E-state index contributed by atoms with van der Waals surface area (Å²) < 4.78 is 54.3. The van der Waals surface area contributed by atoms with Gasteiger partial charge in [-0.15, -0.1) is 0 Å². The van der Waals surface area contributed by atoms with Crippen molar-refractivity contribution in [1.29, 1.82) is 0 Å². The number of piperidine rings is 1. The van der Waals surface area contributed by atoms with Crippen LogP contribution in [0.2, 0.25) is 5.02 Å². The van der Waals surface area contributed by atoms with Gasteiger partial charge < -0.3 is 9.80 Å². The fraction of sp³-hybridized carbons (Fsp3) is 0.350. The van der Waals surface area contributed by atoms with E-state index >= 15 is 0 Å². The molecule has 2 amide bonds. The van der Waals surface area contributed by atoms with Crippen LogP contribution in [0.25, 0.3) is 0 Å². The van der Waals surface area contributed by atoms with Crippen LogP contribution >= 0.6 is 11.6 Å². The monoisotopic (exact) mass is 442 g/mol. The van der Waals surface area contributed by atoms with Crippen molar-refractivity contribution in [3.63, 3.8) is 0 Å². The largest absolute Gasteiger partial charge is 0.331 e. The third-order valence-electron chi connectivity index (χ3n) is 5.28. The molecule has 0 bridgehead atoms. The van der Waals surface area contributed by atoms with E-state index in [9.17, 15) is 22.0 Å². The van der Waals surface area contributed by atoms with E-state index in [-0.39, 0.29) is 42.4 Å². The number of amides is 2. The van der Waals surface area contributed by atoms with E-state index in [1.165, 1.54) is 34.1 Å². The van der Waals surface area contributed by atoms with Crippen LogP contribution in [0.3, 0.4) is 0 Å². The number of sulfone groups is 1. The molecule has 29 heavy (non-hydrogen) atoms. The lowest BCUT2D eigenvalue weighted by Crippen LogP contribution is -2.51. The molecule has 156 valence electrons. The van der Waals surface area contributed by atoms with Crippen molar-refractivity contribution < 1.29 is 22.0 Å². The number of carbonyl (C=O) groups is 1. The average molecular weight is 443 g/mol. The van der Waals surface area contributed by atoms with Gasteiger partial charge in [-0.1, -0.05) is 11.6 Å². The molecule has 0 N–H and O–H groups in total. The summed E-state index contributed by atoms with van der Waals surface area (Å²) in [6.07, 6.45) is -0.115. The zero-order valence-electron chi connectivity index (χ0n) is 16.0. The highest BCUT2D eigenvalue weighted by molar-refractivity contribution is 7.92. The van der Waals surface area contributed by atoms with E-state index in [4.69, 9.17) is 11.6 Å². The Morgan fingerprint density at radius 1 is 1.07 bits per heavy atom. The number of hydrogen-bond donors (Lipinski definition) is 0. The first kappa shape index (κ1) is 21.5. The smallest absolute Gasteiger partial charge is 0.319 e. The van der Waals surface area contributed by atoms with Crippen LogP contribution in [0.1, 0.15) is 18.4 Å². The molecule has 9 heteroatoms. The molecule has 1 aliphatic heterocycles. The van der Waals surface area contributed by atoms with E-state index in [0.717, 1.165) is 18.2 Å². The van der Waals surface area contributed by atoms with Crippen molar-refractivity contribution in [2.75, 3.05) is 27.2 Å². The summed E-state index contributed by atoms with van der Waals surface area (Å²) in [5.74, 6) is -1.52. The van der Waals surface area contributed by atoms with Crippen LogP contribution in [0.5, 0.6) is 0 Å². The number of benzene rings is 2. The molecule has 0 aromatic heterocycles. The summed E-state index contributed by atoms with van der Waals surface area (Å²) in [6.45, 7) is 0.194. The standard InChI is InChI=1S/C20H21ClF2N2O3S/c1-24(2)19(26)25-11-9-20(10-12-25,17-13-15(22)5-8-18(17)23)29(27,28)16-6-3-14(21)4-7-16/h3-8,13H,9-12H2,1-2H3. The lowest BCUT2D eigenvalue weighted by atomic mass is 9.87. The lowest BCUT2D eigenvalue weighted by molar-refractivity contribution is 0.150. The first-order valence-corrected chi connectivity index (χ1v) is 10.9. The van der Waals surface area contributed by atoms with Gasteiger partial charge in [-0.25, -0.2) is 22.0 Å². The zero-order valence-corrected chi connectivity index (χ0v) is 17.6. The second kappa shape index (κ2) is 7.91. The highest BCUT2D eigenvalue weighted by Crippen LogP contribution is 2.45. The van der Waals surface area contributed by atoms with Gasteiger partial charge in [-0.05, 0) is 55.3 Å². The van der Waals surface area contributed by atoms with E-state index in [1.54, 1.807) is 14.1 Å². The Morgan fingerprint density at radius 2 is 1.66 bits per heavy atom. The van der Waals surface area contributed by atoms with Gasteiger partial charge in [-0.2, -0.15) is 0 Å². The number of urea groups is 1. The van der Waals surface area contributed by atoms with Crippen LogP contribution in [-0.4, -0.2) is 51.4 Å². The third kappa shape index (κ3) is 3.83. The highest BCUT2D eigenvalue weighted by Gasteiger charge is 2.50. The van der Waals surface area contributed by atoms with Gasteiger partial charge >= 0.3 is 6.03 Å². The number of halogens is 3. The third-order valence-corrected chi connectivity index (χ3v) is 8.08. The van der Waals surface area contributed by atoms with E-state index in [0.29, 0.717) is 5.02 Å². The molecule has 1 fully saturated rings. The molecule has 0 spiro atoms. The first-order chi connectivity index (χ1) is 13.6. The quantitative estimate of drug-likeness (QED) is 0.720. The van der Waals surface area contributed by atoms with Crippen molar-refractivity contribution in [1.82, 2.24) is 9.80 Å². The van der Waals surface area contributed by atoms with Gasteiger partial charge in [0.05, 0.1) is 4.90 Å². The van der Waals surface area contributed by atoms with E-state index < -0.39 is 26.2 Å². The minimum atomic E-state index is -4.12. The predicted octanol–water partition coefficient (Wildman–Crippen LogP) is 4.06. The van der Waals surface area contributed by atoms with E-state index in [1.807, 2.05) is 0 Å². The Kier molecular flexibility index (Phi) is 5.87. The van der Waals surface area contributed by atoms with Crippen molar-refractivity contribution in [2.24, 2.45) is 0 Å². The van der Waals surface area contributed by atoms with Crippen molar-refractivity contribution >= 4 is 27.5 Å². The number of rotatable bonds is 3. The number of carbonyl (C=O) groups excluding carboxylic acids is 1. The topological polar surface area (TPSA) is 57.7 Å². The second-order valence-electron chi connectivity index (χ2n) is 7.24. The Labute approximate surface area is 173 Å². The van der Waals surface area contributed by atoms with Crippen LogP contribution in [0.15, 0.2) is 47.4 Å².